The number of aromatic nitrogens is 3. The van der Waals surface area contributed by atoms with Crippen molar-refractivity contribution in [2.45, 2.75) is 19.5 Å². The highest BCUT2D eigenvalue weighted by Gasteiger charge is 2.10. The third-order valence-corrected chi connectivity index (χ3v) is 2.65. The van der Waals surface area contributed by atoms with Crippen LogP contribution in [0.2, 0.25) is 5.15 Å². The quantitative estimate of drug-likeness (QED) is 0.820. The molecule has 0 fully saturated rings. The predicted molar refractivity (Wildman–Crippen MR) is 71.5 cm³/mol. The zero-order valence-corrected chi connectivity index (χ0v) is 11.0. The summed E-state index contributed by atoms with van der Waals surface area (Å²) in [7, 11) is 0. The van der Waals surface area contributed by atoms with Crippen LogP contribution in [0, 0.1) is 0 Å². The minimum atomic E-state index is -1.04. The maximum atomic E-state index is 10.9. The molecule has 2 aromatic heterocycles. The molecule has 0 amide bonds. The van der Waals surface area contributed by atoms with Gasteiger partial charge >= 0.3 is 5.97 Å². The molecule has 1 atom stereocenters. The van der Waals surface area contributed by atoms with Gasteiger partial charge in [-0.3, -0.25) is 4.68 Å². The lowest BCUT2D eigenvalue weighted by Gasteiger charge is -2.15. The number of carboxylic acid groups (broad SMARTS) is 1. The maximum absolute atomic E-state index is 10.9. The third-order valence-electron chi connectivity index (χ3n) is 2.46. The maximum Gasteiger partial charge on any atom is 0.335 e. The second-order valence-corrected chi connectivity index (χ2v) is 4.53. The predicted octanol–water partition coefficient (Wildman–Crippen LogP) is 2.13. The Bertz CT molecular complexity index is 571. The average Bonchev–Trinajstić information content (AvgIpc) is 2.80. The van der Waals surface area contributed by atoms with E-state index in [0.717, 1.165) is 0 Å². The van der Waals surface area contributed by atoms with Crippen LogP contribution in [0.4, 0.5) is 5.82 Å². The summed E-state index contributed by atoms with van der Waals surface area (Å²) < 4.78 is 1.78. The van der Waals surface area contributed by atoms with Crippen LogP contribution in [-0.2, 0) is 6.54 Å². The monoisotopic (exact) mass is 280 g/mol. The van der Waals surface area contributed by atoms with Crippen molar-refractivity contribution in [1.29, 1.82) is 0 Å². The first kappa shape index (κ1) is 13.4. The van der Waals surface area contributed by atoms with Crippen molar-refractivity contribution >= 4 is 23.4 Å². The summed E-state index contributed by atoms with van der Waals surface area (Å²) in [5.41, 5.74) is 0.105. The molecule has 0 aliphatic heterocycles. The SMILES string of the molecule is CC(Cn1cccn1)Nc1cc(C(=O)O)cc(Cl)n1. The number of carboxylic acids is 1. The average molecular weight is 281 g/mol. The highest BCUT2D eigenvalue weighted by Crippen LogP contribution is 2.15. The minimum Gasteiger partial charge on any atom is -0.478 e. The number of halogens is 1. The van der Waals surface area contributed by atoms with Crippen LogP contribution in [0.3, 0.4) is 0 Å². The number of hydrogen-bond donors (Lipinski definition) is 2. The topological polar surface area (TPSA) is 80.0 Å². The van der Waals surface area contributed by atoms with E-state index in [1.54, 1.807) is 10.9 Å². The zero-order valence-electron chi connectivity index (χ0n) is 10.2. The summed E-state index contributed by atoms with van der Waals surface area (Å²) in [5.74, 6) is -0.600. The van der Waals surface area contributed by atoms with Gasteiger partial charge < -0.3 is 10.4 Å². The Kier molecular flexibility index (Phi) is 4.01. The Morgan fingerprint density at radius 2 is 2.37 bits per heavy atom. The van der Waals surface area contributed by atoms with Crippen LogP contribution in [0.1, 0.15) is 17.3 Å². The van der Waals surface area contributed by atoms with E-state index in [9.17, 15) is 4.79 Å². The molecule has 0 radical (unpaired) electrons. The number of nitrogens with one attached hydrogen (secondary N) is 1. The molecule has 2 aromatic rings. The molecule has 2 rings (SSSR count). The van der Waals surface area contributed by atoms with Crippen molar-refractivity contribution in [1.82, 2.24) is 14.8 Å². The number of aromatic carboxylic acids is 1. The van der Waals surface area contributed by atoms with Crippen molar-refractivity contribution < 1.29 is 9.90 Å². The Morgan fingerprint density at radius 3 is 3.00 bits per heavy atom. The van der Waals surface area contributed by atoms with Crippen LogP contribution in [0.5, 0.6) is 0 Å². The summed E-state index contributed by atoms with van der Waals surface area (Å²) in [6, 6.07) is 4.64. The molecule has 7 heteroatoms. The third kappa shape index (κ3) is 3.69. The van der Waals surface area contributed by atoms with Crippen molar-refractivity contribution in [3.05, 3.63) is 41.3 Å². The molecule has 19 heavy (non-hydrogen) atoms. The molecular weight excluding hydrogens is 268 g/mol. The lowest BCUT2D eigenvalue weighted by molar-refractivity contribution is 0.0697. The Balaban J connectivity index is 2.08. The van der Waals surface area contributed by atoms with Gasteiger partial charge in [0.05, 0.1) is 12.1 Å². The van der Waals surface area contributed by atoms with Crippen LogP contribution >= 0.6 is 11.6 Å². The second-order valence-electron chi connectivity index (χ2n) is 4.14. The van der Waals surface area contributed by atoms with Crippen LogP contribution < -0.4 is 5.32 Å². The molecule has 2 heterocycles. The number of carbonyl (C=O) groups is 1. The van der Waals surface area contributed by atoms with Gasteiger partial charge in [0.2, 0.25) is 0 Å². The summed E-state index contributed by atoms with van der Waals surface area (Å²) in [5, 5.41) is 16.3. The molecule has 0 aromatic carbocycles. The van der Waals surface area contributed by atoms with Gasteiger partial charge in [-0.05, 0) is 25.1 Å². The summed E-state index contributed by atoms with van der Waals surface area (Å²) in [6.45, 7) is 2.59. The van der Waals surface area contributed by atoms with Crippen LogP contribution in [0.25, 0.3) is 0 Å². The number of nitrogens with zero attached hydrogens (tertiary/aromatic N) is 3. The van der Waals surface area contributed by atoms with E-state index in [0.29, 0.717) is 12.4 Å². The van der Waals surface area contributed by atoms with Crippen molar-refractivity contribution in [3.63, 3.8) is 0 Å². The minimum absolute atomic E-state index is 0.0347. The van der Waals surface area contributed by atoms with Gasteiger partial charge in [0.25, 0.3) is 0 Å². The van der Waals surface area contributed by atoms with Crippen molar-refractivity contribution in [3.8, 4) is 0 Å². The van der Waals surface area contributed by atoms with Crippen LogP contribution in [0.15, 0.2) is 30.6 Å². The van der Waals surface area contributed by atoms with Crippen LogP contribution in [-0.4, -0.2) is 31.9 Å². The fourth-order valence-corrected chi connectivity index (χ4v) is 1.89. The van der Waals surface area contributed by atoms with E-state index in [1.807, 2.05) is 19.2 Å². The molecule has 0 aliphatic carbocycles. The second kappa shape index (κ2) is 5.71. The first-order chi connectivity index (χ1) is 9.04. The molecule has 1 unspecified atom stereocenters. The van der Waals surface area contributed by atoms with E-state index in [4.69, 9.17) is 16.7 Å². The molecule has 0 spiro atoms. The number of rotatable bonds is 5. The lowest BCUT2D eigenvalue weighted by Crippen LogP contribution is -2.23. The summed E-state index contributed by atoms with van der Waals surface area (Å²) >= 11 is 5.79. The van der Waals surface area contributed by atoms with E-state index in [1.165, 1.54) is 12.1 Å². The first-order valence-corrected chi connectivity index (χ1v) is 6.07. The van der Waals surface area contributed by atoms with Gasteiger partial charge in [0, 0.05) is 18.4 Å². The Morgan fingerprint density at radius 1 is 1.58 bits per heavy atom. The smallest absolute Gasteiger partial charge is 0.335 e. The summed E-state index contributed by atoms with van der Waals surface area (Å²) in [4.78, 5) is 15.0. The van der Waals surface area contributed by atoms with Gasteiger partial charge in [-0.15, -0.1) is 0 Å². The molecule has 0 bridgehead atoms. The van der Waals surface area contributed by atoms with E-state index >= 15 is 0 Å². The highest BCUT2D eigenvalue weighted by molar-refractivity contribution is 6.29. The highest BCUT2D eigenvalue weighted by atomic mass is 35.5. The van der Waals surface area contributed by atoms with Gasteiger partial charge in [-0.2, -0.15) is 5.10 Å². The van der Waals surface area contributed by atoms with Crippen molar-refractivity contribution in [2.75, 3.05) is 5.32 Å². The zero-order chi connectivity index (χ0) is 13.8. The van der Waals surface area contributed by atoms with Gasteiger partial charge in [0.1, 0.15) is 11.0 Å². The molecule has 2 N–H and O–H groups in total. The number of anilines is 1. The fourth-order valence-electron chi connectivity index (χ4n) is 1.68. The van der Waals surface area contributed by atoms with E-state index < -0.39 is 5.97 Å². The Labute approximate surface area is 115 Å². The first-order valence-electron chi connectivity index (χ1n) is 5.69. The molecule has 0 saturated carbocycles. The molecule has 6 nitrogen and oxygen atoms in total. The largest absolute Gasteiger partial charge is 0.478 e. The molecule has 100 valence electrons. The number of hydrogen-bond acceptors (Lipinski definition) is 4. The molecule has 0 aliphatic rings. The molecule has 0 saturated heterocycles. The number of pyridine rings is 1. The summed E-state index contributed by atoms with van der Waals surface area (Å²) in [6.07, 6.45) is 3.55. The standard InChI is InChI=1S/C12H13ClN4O2/c1-8(7-17-4-2-3-14-17)15-11-6-9(12(18)19)5-10(13)16-11/h2-6,8H,7H2,1H3,(H,15,16)(H,18,19). The van der Waals surface area contributed by atoms with Gasteiger partial charge in [-0.1, -0.05) is 11.6 Å². The van der Waals surface area contributed by atoms with Gasteiger partial charge in [0.15, 0.2) is 0 Å². The lowest BCUT2D eigenvalue weighted by atomic mass is 10.2. The van der Waals surface area contributed by atoms with E-state index in [2.05, 4.69) is 15.4 Å². The normalized spacial score (nSPS) is 12.1. The van der Waals surface area contributed by atoms with Gasteiger partial charge in [-0.25, -0.2) is 9.78 Å². The fraction of sp³-hybridized carbons (Fsp3) is 0.250. The molecular formula is C12H13ClN4O2. The Hall–Kier alpha value is -2.08. The van der Waals surface area contributed by atoms with E-state index in [-0.39, 0.29) is 16.8 Å². The van der Waals surface area contributed by atoms with Crippen molar-refractivity contribution in [2.24, 2.45) is 0 Å².